The number of carbonyl (C=O) groups excluding carboxylic acids is 1. The van der Waals surface area contributed by atoms with Crippen molar-refractivity contribution in [3.63, 3.8) is 0 Å². The number of imidazole rings is 1. The molecule has 0 spiro atoms. The van der Waals surface area contributed by atoms with E-state index in [0.717, 1.165) is 9.04 Å². The number of carbonyl (C=O) groups is 1. The molecule has 0 unspecified atom stereocenters. The normalized spacial score (nSPS) is 11.3. The average molecular weight is 380 g/mol. The topological polar surface area (TPSA) is 25.9 Å². The number of alkyl halides is 2. The highest BCUT2D eigenvalue weighted by molar-refractivity contribution is 9.10. The minimum Gasteiger partial charge on any atom is -0.290 e. The molecule has 0 radical (unpaired) electrons. The number of fused-ring (bicyclic) bond motifs is 1. The predicted octanol–water partition coefficient (Wildman–Crippen LogP) is 4.28. The second-order valence-electron chi connectivity index (χ2n) is 5.20. The largest absolute Gasteiger partial charge is 0.387 e. The van der Waals surface area contributed by atoms with Gasteiger partial charge in [0.1, 0.15) is 0 Å². The summed E-state index contributed by atoms with van der Waals surface area (Å²) in [6, 6.07) is 13.9. The number of ketones is 1. The van der Waals surface area contributed by atoms with Crippen molar-refractivity contribution in [1.29, 1.82) is 0 Å². The molecule has 3 aromatic rings. The van der Waals surface area contributed by atoms with E-state index >= 15 is 0 Å². The molecule has 1 heterocycles. The average Bonchev–Trinajstić information content (AvgIpc) is 2.80. The molecule has 2 aromatic carbocycles. The molecule has 0 bridgehead atoms. The van der Waals surface area contributed by atoms with Gasteiger partial charge in [-0.25, -0.2) is 4.57 Å². The number of rotatable bonds is 4. The monoisotopic (exact) mass is 379 g/mol. The highest BCUT2D eigenvalue weighted by Gasteiger charge is 2.28. The highest BCUT2D eigenvalue weighted by atomic mass is 79.9. The van der Waals surface area contributed by atoms with Crippen LogP contribution in [0.4, 0.5) is 8.78 Å². The predicted molar refractivity (Wildman–Crippen MR) is 86.6 cm³/mol. The molecule has 1 aromatic heterocycles. The van der Waals surface area contributed by atoms with Crippen molar-refractivity contribution in [2.45, 2.75) is 20.0 Å². The first kappa shape index (κ1) is 15.8. The summed E-state index contributed by atoms with van der Waals surface area (Å²) in [5, 5.41) is 0. The van der Waals surface area contributed by atoms with Crippen molar-refractivity contribution in [3.05, 3.63) is 64.4 Å². The third kappa shape index (κ3) is 2.91. The summed E-state index contributed by atoms with van der Waals surface area (Å²) in [4.78, 5) is 12.5. The Kier molecular flexibility index (Phi) is 4.26. The molecule has 0 atom stereocenters. The van der Waals surface area contributed by atoms with E-state index in [1.807, 2.05) is 0 Å². The van der Waals surface area contributed by atoms with Gasteiger partial charge in [0.2, 0.25) is 5.78 Å². The smallest absolute Gasteiger partial charge is 0.290 e. The van der Waals surface area contributed by atoms with Crippen LogP contribution in [0.5, 0.6) is 0 Å². The molecule has 3 nitrogen and oxygen atoms in total. The van der Waals surface area contributed by atoms with Crippen LogP contribution in [-0.2, 0) is 6.54 Å². The van der Waals surface area contributed by atoms with Crippen molar-refractivity contribution in [1.82, 2.24) is 4.57 Å². The van der Waals surface area contributed by atoms with E-state index in [2.05, 4.69) is 15.9 Å². The summed E-state index contributed by atoms with van der Waals surface area (Å²) in [6.07, 6.45) is 0. The molecule has 0 N–H and O–H groups in total. The van der Waals surface area contributed by atoms with Gasteiger partial charge in [0.05, 0.1) is 0 Å². The first-order valence-electron chi connectivity index (χ1n) is 7.05. The molecule has 0 saturated heterocycles. The van der Waals surface area contributed by atoms with E-state index in [1.54, 1.807) is 60.0 Å². The third-order valence-electron chi connectivity index (χ3n) is 3.83. The number of hydrogen-bond donors (Lipinski definition) is 0. The maximum atomic E-state index is 13.3. The van der Waals surface area contributed by atoms with Crippen LogP contribution in [0.15, 0.2) is 53.0 Å². The van der Waals surface area contributed by atoms with Gasteiger partial charge in [0.25, 0.3) is 5.82 Å². The summed E-state index contributed by atoms with van der Waals surface area (Å²) >= 11 is 3.32. The van der Waals surface area contributed by atoms with Crippen LogP contribution in [0.1, 0.15) is 22.7 Å². The van der Waals surface area contributed by atoms with Crippen LogP contribution < -0.4 is 4.57 Å². The Hall–Kier alpha value is -2.08. The fourth-order valence-corrected chi connectivity index (χ4v) is 2.96. The lowest BCUT2D eigenvalue weighted by molar-refractivity contribution is -0.664. The first-order chi connectivity index (χ1) is 11.0. The van der Waals surface area contributed by atoms with E-state index in [1.165, 1.54) is 0 Å². The van der Waals surface area contributed by atoms with Crippen molar-refractivity contribution in [2.24, 2.45) is 0 Å². The third-order valence-corrected chi connectivity index (χ3v) is 4.36. The Bertz CT molecular complexity index is 872. The van der Waals surface area contributed by atoms with Gasteiger partial charge in [-0.2, -0.15) is 13.3 Å². The lowest BCUT2D eigenvalue weighted by Crippen LogP contribution is -2.40. The van der Waals surface area contributed by atoms with Gasteiger partial charge in [0, 0.05) is 17.0 Å². The quantitative estimate of drug-likeness (QED) is 0.490. The highest BCUT2D eigenvalue weighted by Crippen LogP contribution is 2.21. The van der Waals surface area contributed by atoms with Crippen molar-refractivity contribution in [3.8, 4) is 0 Å². The summed E-state index contributed by atoms with van der Waals surface area (Å²) in [5.74, 6) is 0.231. The first-order valence-corrected chi connectivity index (χ1v) is 7.84. The number of benzene rings is 2. The zero-order chi connectivity index (χ0) is 16.6. The molecular weight excluding hydrogens is 366 g/mol. The summed E-state index contributed by atoms with van der Waals surface area (Å²) in [5.41, 5.74) is 1.59. The SMILES string of the molecule is Cc1n(C(F)F)c2ccccc2[n+]1CC(=O)c1ccc(Br)cc1. The summed E-state index contributed by atoms with van der Waals surface area (Å²) < 4.78 is 30.1. The number of para-hydroxylation sites is 2. The minimum atomic E-state index is -2.65. The fourth-order valence-electron chi connectivity index (χ4n) is 2.69. The van der Waals surface area contributed by atoms with Crippen LogP contribution in [-0.4, -0.2) is 10.4 Å². The molecule has 0 aliphatic heterocycles. The Morgan fingerprint density at radius 2 is 1.83 bits per heavy atom. The molecule has 0 fully saturated rings. The number of Topliss-reactive ketones (excluding diaryl/α,β-unsaturated/α-hetero) is 1. The fraction of sp³-hybridized carbons (Fsp3) is 0.176. The Morgan fingerprint density at radius 1 is 1.17 bits per heavy atom. The molecule has 23 heavy (non-hydrogen) atoms. The second kappa shape index (κ2) is 6.20. The van der Waals surface area contributed by atoms with Gasteiger partial charge in [0.15, 0.2) is 17.6 Å². The van der Waals surface area contributed by atoms with Gasteiger partial charge < -0.3 is 0 Å². The van der Waals surface area contributed by atoms with Gasteiger partial charge >= 0.3 is 6.55 Å². The molecule has 118 valence electrons. The van der Waals surface area contributed by atoms with E-state index < -0.39 is 6.55 Å². The van der Waals surface area contributed by atoms with Crippen LogP contribution in [0, 0.1) is 6.92 Å². The zero-order valence-corrected chi connectivity index (χ0v) is 13.9. The molecule has 0 aliphatic rings. The molecule has 0 saturated carbocycles. The Morgan fingerprint density at radius 3 is 2.48 bits per heavy atom. The number of aromatic nitrogens is 2. The van der Waals surface area contributed by atoms with Gasteiger partial charge in [-0.1, -0.05) is 40.2 Å². The van der Waals surface area contributed by atoms with Gasteiger partial charge in [-0.3, -0.25) is 4.79 Å². The number of hydrogen-bond acceptors (Lipinski definition) is 1. The molecule has 3 rings (SSSR count). The number of halogens is 3. The van der Waals surface area contributed by atoms with E-state index in [4.69, 9.17) is 0 Å². The molecule has 0 aliphatic carbocycles. The molecule has 0 amide bonds. The summed E-state index contributed by atoms with van der Waals surface area (Å²) in [6.45, 7) is -1.03. The van der Waals surface area contributed by atoms with Crippen LogP contribution in [0.3, 0.4) is 0 Å². The standard InChI is InChI=1S/C17H14BrF2N2O/c1-11-21(10-16(23)12-6-8-13(18)9-7-12)14-4-2-3-5-15(14)22(11)17(19)20/h2-9,17H,10H2,1H3/q+1. The van der Waals surface area contributed by atoms with Crippen molar-refractivity contribution in [2.75, 3.05) is 0 Å². The number of nitrogens with zero attached hydrogens (tertiary/aromatic N) is 2. The van der Waals surface area contributed by atoms with Crippen LogP contribution >= 0.6 is 15.9 Å². The zero-order valence-electron chi connectivity index (χ0n) is 12.3. The maximum absolute atomic E-state index is 13.3. The van der Waals surface area contributed by atoms with E-state index in [9.17, 15) is 13.6 Å². The van der Waals surface area contributed by atoms with Gasteiger partial charge in [-0.15, -0.1) is 0 Å². The second-order valence-corrected chi connectivity index (χ2v) is 6.12. The lowest BCUT2D eigenvalue weighted by Gasteiger charge is -2.02. The molecular formula is C17H14BrF2N2O+. The Balaban J connectivity index is 2.05. The maximum Gasteiger partial charge on any atom is 0.387 e. The van der Waals surface area contributed by atoms with Crippen molar-refractivity contribution >= 4 is 32.7 Å². The Labute approximate surface area is 140 Å². The van der Waals surface area contributed by atoms with E-state index in [0.29, 0.717) is 22.4 Å². The minimum absolute atomic E-state index is 0.0215. The summed E-state index contributed by atoms with van der Waals surface area (Å²) in [7, 11) is 0. The van der Waals surface area contributed by atoms with Gasteiger partial charge in [-0.05, 0) is 24.3 Å². The van der Waals surface area contributed by atoms with E-state index in [-0.39, 0.29) is 12.3 Å². The van der Waals surface area contributed by atoms with Crippen molar-refractivity contribution < 1.29 is 18.1 Å². The van der Waals surface area contributed by atoms with Crippen LogP contribution in [0.2, 0.25) is 0 Å². The van der Waals surface area contributed by atoms with Crippen LogP contribution in [0.25, 0.3) is 11.0 Å². The molecule has 6 heteroatoms. The lowest BCUT2D eigenvalue weighted by atomic mass is 10.1.